The summed E-state index contributed by atoms with van der Waals surface area (Å²) in [5, 5.41) is 21.6. The van der Waals surface area contributed by atoms with Gasteiger partial charge in [-0.3, -0.25) is 9.59 Å². The summed E-state index contributed by atoms with van der Waals surface area (Å²) in [5.41, 5.74) is -5.50. The fraction of sp³-hybridized carbons (Fsp3) is 0.200. The first kappa shape index (κ1) is 18.6. The fourth-order valence-electron chi connectivity index (χ4n) is 2.87. The minimum absolute atomic E-state index is 0.162. The lowest BCUT2D eigenvalue weighted by Gasteiger charge is -2.29. The summed E-state index contributed by atoms with van der Waals surface area (Å²) in [4.78, 5) is 50.0. The lowest BCUT2D eigenvalue weighted by atomic mass is 9.75. The number of cyclic esters (lactones) is 2. The summed E-state index contributed by atoms with van der Waals surface area (Å²) in [6.45, 7) is 3.52. The molecule has 138 valence electrons. The molecule has 0 bridgehead atoms. The predicted octanol–water partition coefficient (Wildman–Crippen LogP) is 0.915. The van der Waals surface area contributed by atoms with E-state index >= 15 is 0 Å². The Bertz CT molecular complexity index is 879. The number of carbonyl (C=O) groups excluding carboxylic acids is 4. The molecule has 1 saturated heterocycles. The topological polar surface area (TPSA) is 118 Å². The number of ketones is 2. The molecule has 0 radical (unpaired) electrons. The Morgan fingerprint density at radius 1 is 0.704 bits per heavy atom. The summed E-state index contributed by atoms with van der Waals surface area (Å²) in [6, 6.07) is 11.4. The van der Waals surface area contributed by atoms with E-state index in [9.17, 15) is 29.4 Å². The Morgan fingerprint density at radius 2 is 1.00 bits per heavy atom. The van der Waals surface area contributed by atoms with Gasteiger partial charge in [-0.05, 0) is 13.8 Å². The Labute approximate surface area is 154 Å². The maximum Gasteiger partial charge on any atom is 0.358 e. The molecule has 1 aliphatic rings. The molecule has 7 heteroatoms. The van der Waals surface area contributed by atoms with Crippen LogP contribution < -0.4 is 0 Å². The molecule has 2 N–H and O–H groups in total. The van der Waals surface area contributed by atoms with E-state index < -0.39 is 34.7 Å². The lowest BCUT2D eigenvalue weighted by molar-refractivity contribution is -0.157. The van der Waals surface area contributed by atoms with Crippen molar-refractivity contribution in [3.8, 4) is 0 Å². The van der Waals surface area contributed by atoms with E-state index in [2.05, 4.69) is 4.74 Å². The number of hydrogen-bond donors (Lipinski definition) is 2. The SMILES string of the molecule is Cc1ccc(C(=O)[C@@]2(O)C(=O)OC(=O)[C@]2(O)C(=O)c2ccc(C)cc2)cc1. The standard InChI is InChI=1S/C20H16O7/c1-11-3-7-13(8-4-11)15(21)19(25)17(23)27-18(24)20(19,26)16(22)14-9-5-12(2)6-10-14/h3-10,25-26H,1-2H3/t19-,20-/m1/s1. The quantitative estimate of drug-likeness (QED) is 0.468. The highest BCUT2D eigenvalue weighted by molar-refractivity contribution is 6.33. The maximum atomic E-state index is 12.8. The van der Waals surface area contributed by atoms with Gasteiger partial charge in [-0.2, -0.15) is 0 Å². The Balaban J connectivity index is 2.13. The molecular weight excluding hydrogens is 352 g/mol. The number of ether oxygens (including phenoxy) is 1. The van der Waals surface area contributed by atoms with E-state index in [1.54, 1.807) is 38.1 Å². The summed E-state index contributed by atoms with van der Waals surface area (Å²) in [5.74, 6) is -6.00. The average Bonchev–Trinajstić information content (AvgIpc) is 2.83. The van der Waals surface area contributed by atoms with Gasteiger partial charge in [0.2, 0.25) is 11.6 Å². The second kappa shape index (κ2) is 6.22. The highest BCUT2D eigenvalue weighted by Gasteiger charge is 2.76. The van der Waals surface area contributed by atoms with Gasteiger partial charge in [0.1, 0.15) is 0 Å². The first-order valence-electron chi connectivity index (χ1n) is 8.06. The van der Waals surface area contributed by atoms with Gasteiger partial charge in [0.25, 0.3) is 11.2 Å². The molecule has 0 aromatic heterocycles. The van der Waals surface area contributed by atoms with Crippen LogP contribution in [0, 0.1) is 13.8 Å². The molecule has 27 heavy (non-hydrogen) atoms. The average molecular weight is 368 g/mol. The molecule has 2 aromatic rings. The van der Waals surface area contributed by atoms with Crippen molar-refractivity contribution in [3.63, 3.8) is 0 Å². The van der Waals surface area contributed by atoms with Gasteiger partial charge in [-0.15, -0.1) is 0 Å². The number of carbonyl (C=O) groups is 4. The highest BCUT2D eigenvalue weighted by Crippen LogP contribution is 2.38. The van der Waals surface area contributed by atoms with E-state index in [0.29, 0.717) is 0 Å². The zero-order valence-electron chi connectivity index (χ0n) is 14.6. The van der Waals surface area contributed by atoms with Crippen LogP contribution >= 0.6 is 0 Å². The first-order valence-corrected chi connectivity index (χ1v) is 8.06. The van der Waals surface area contributed by atoms with Crippen molar-refractivity contribution >= 4 is 23.5 Å². The summed E-state index contributed by atoms with van der Waals surface area (Å²) in [7, 11) is 0. The van der Waals surface area contributed by atoms with Crippen LogP contribution in [0.25, 0.3) is 0 Å². The number of aliphatic hydroxyl groups is 2. The zero-order chi connectivity index (χ0) is 20.0. The van der Waals surface area contributed by atoms with E-state index in [4.69, 9.17) is 0 Å². The van der Waals surface area contributed by atoms with Gasteiger partial charge in [0.05, 0.1) is 0 Å². The fourth-order valence-corrected chi connectivity index (χ4v) is 2.87. The molecule has 0 spiro atoms. The van der Waals surface area contributed by atoms with Crippen molar-refractivity contribution in [1.82, 2.24) is 0 Å². The number of esters is 2. The normalized spacial score (nSPS) is 24.6. The number of benzene rings is 2. The van der Waals surface area contributed by atoms with Crippen molar-refractivity contribution in [2.24, 2.45) is 0 Å². The monoisotopic (exact) mass is 368 g/mol. The van der Waals surface area contributed by atoms with Crippen molar-refractivity contribution in [2.45, 2.75) is 25.0 Å². The van der Waals surface area contributed by atoms with E-state index in [-0.39, 0.29) is 11.1 Å². The van der Waals surface area contributed by atoms with E-state index in [1.807, 2.05) is 0 Å². The Kier molecular flexibility index (Phi) is 4.29. The van der Waals surface area contributed by atoms with Gasteiger partial charge in [-0.1, -0.05) is 59.7 Å². The molecule has 0 aliphatic carbocycles. The number of aryl methyl sites for hydroxylation is 2. The second-order valence-electron chi connectivity index (χ2n) is 6.49. The minimum Gasteiger partial charge on any atom is -0.388 e. The molecule has 0 unspecified atom stereocenters. The highest BCUT2D eigenvalue weighted by atomic mass is 16.6. The number of Topliss-reactive ketones (excluding diaryl/α,β-unsaturated/α-hetero) is 2. The first-order chi connectivity index (χ1) is 12.6. The van der Waals surface area contributed by atoms with Crippen LogP contribution in [-0.4, -0.2) is 44.9 Å². The summed E-state index contributed by atoms with van der Waals surface area (Å²) < 4.78 is 4.31. The van der Waals surface area contributed by atoms with Crippen molar-refractivity contribution < 1.29 is 34.1 Å². The van der Waals surface area contributed by atoms with Gasteiger partial charge < -0.3 is 14.9 Å². The summed E-state index contributed by atoms with van der Waals surface area (Å²) >= 11 is 0. The smallest absolute Gasteiger partial charge is 0.358 e. The molecule has 1 heterocycles. The number of rotatable bonds is 4. The lowest BCUT2D eigenvalue weighted by Crippen LogP contribution is -2.65. The molecule has 0 saturated carbocycles. The van der Waals surface area contributed by atoms with Crippen molar-refractivity contribution in [3.05, 3.63) is 70.8 Å². The van der Waals surface area contributed by atoms with Crippen LogP contribution in [0.5, 0.6) is 0 Å². The zero-order valence-corrected chi connectivity index (χ0v) is 14.6. The van der Waals surface area contributed by atoms with Gasteiger partial charge in [0.15, 0.2) is 0 Å². The minimum atomic E-state index is -3.39. The van der Waals surface area contributed by atoms with Crippen molar-refractivity contribution in [1.29, 1.82) is 0 Å². The Hall–Kier alpha value is -3.16. The third-order valence-electron chi connectivity index (χ3n) is 4.58. The van der Waals surface area contributed by atoms with Crippen LogP contribution in [0.4, 0.5) is 0 Å². The molecule has 1 aliphatic heterocycles. The largest absolute Gasteiger partial charge is 0.388 e. The van der Waals surface area contributed by atoms with Gasteiger partial charge >= 0.3 is 11.9 Å². The molecule has 2 atom stereocenters. The second-order valence-corrected chi connectivity index (χ2v) is 6.49. The third kappa shape index (κ3) is 2.59. The number of hydrogen-bond acceptors (Lipinski definition) is 7. The predicted molar refractivity (Wildman–Crippen MR) is 92.0 cm³/mol. The molecule has 3 rings (SSSR count). The molecule has 7 nitrogen and oxygen atoms in total. The van der Waals surface area contributed by atoms with Crippen LogP contribution in [0.2, 0.25) is 0 Å². The maximum absolute atomic E-state index is 12.8. The van der Waals surface area contributed by atoms with Crippen LogP contribution in [0.1, 0.15) is 31.8 Å². The molecule has 2 aromatic carbocycles. The van der Waals surface area contributed by atoms with E-state index in [0.717, 1.165) is 11.1 Å². The Morgan fingerprint density at radius 3 is 1.30 bits per heavy atom. The third-order valence-corrected chi connectivity index (χ3v) is 4.58. The summed E-state index contributed by atoms with van der Waals surface area (Å²) in [6.07, 6.45) is 0. The van der Waals surface area contributed by atoms with Gasteiger partial charge in [0, 0.05) is 11.1 Å². The van der Waals surface area contributed by atoms with Crippen LogP contribution in [0.15, 0.2) is 48.5 Å². The molecular formula is C20H16O7. The van der Waals surface area contributed by atoms with E-state index in [1.165, 1.54) is 24.3 Å². The molecule has 1 fully saturated rings. The van der Waals surface area contributed by atoms with Crippen molar-refractivity contribution in [2.75, 3.05) is 0 Å². The van der Waals surface area contributed by atoms with Crippen LogP contribution in [-0.2, 0) is 14.3 Å². The van der Waals surface area contributed by atoms with Crippen LogP contribution in [0.3, 0.4) is 0 Å². The molecule has 0 amide bonds. The van der Waals surface area contributed by atoms with Gasteiger partial charge in [-0.25, -0.2) is 9.59 Å².